The molecule has 0 saturated heterocycles. The van der Waals surface area contributed by atoms with Crippen molar-refractivity contribution >= 4 is 38.9 Å². The minimum atomic E-state index is -0.564. The van der Waals surface area contributed by atoms with E-state index in [4.69, 9.17) is 22.1 Å². The number of halogens is 3. The van der Waals surface area contributed by atoms with E-state index < -0.39 is 11.9 Å². The van der Waals surface area contributed by atoms with Gasteiger partial charge in [0.15, 0.2) is 11.6 Å². The Morgan fingerprint density at radius 3 is 2.68 bits per heavy atom. The second kappa shape index (κ2) is 6.22. The van der Waals surface area contributed by atoms with Gasteiger partial charge in [-0.15, -0.1) is 11.3 Å². The predicted octanol–water partition coefficient (Wildman–Crippen LogP) is 4.77. The molecule has 2 rings (SSSR count). The van der Waals surface area contributed by atoms with E-state index >= 15 is 0 Å². The van der Waals surface area contributed by atoms with Crippen LogP contribution < -0.4 is 10.5 Å². The van der Waals surface area contributed by atoms with Gasteiger partial charge in [0.1, 0.15) is 6.10 Å². The Bertz CT molecular complexity index is 576. The first-order valence-electron chi connectivity index (χ1n) is 5.60. The summed E-state index contributed by atoms with van der Waals surface area (Å²) in [6, 6.07) is 8.21. The Morgan fingerprint density at radius 1 is 1.37 bits per heavy atom. The molecule has 2 unspecified atom stereocenters. The molecule has 0 aliphatic rings. The SMILES string of the molecule is CC(N)C(Oc1cccc(Cl)c1F)c1ccc(Br)s1. The highest BCUT2D eigenvalue weighted by molar-refractivity contribution is 9.11. The molecule has 2 N–H and O–H groups in total. The maximum atomic E-state index is 13.8. The van der Waals surface area contributed by atoms with Crippen LogP contribution in [0.4, 0.5) is 4.39 Å². The molecule has 2 aromatic rings. The number of rotatable bonds is 4. The number of benzene rings is 1. The van der Waals surface area contributed by atoms with Crippen molar-refractivity contribution in [3.8, 4) is 5.75 Å². The Labute approximate surface area is 128 Å². The van der Waals surface area contributed by atoms with E-state index in [-0.39, 0.29) is 16.8 Å². The monoisotopic (exact) mass is 363 g/mol. The van der Waals surface area contributed by atoms with Crippen LogP contribution in [0, 0.1) is 5.82 Å². The van der Waals surface area contributed by atoms with Crippen molar-refractivity contribution in [3.63, 3.8) is 0 Å². The van der Waals surface area contributed by atoms with Crippen LogP contribution in [0.3, 0.4) is 0 Å². The molecule has 0 radical (unpaired) electrons. The van der Waals surface area contributed by atoms with E-state index in [2.05, 4.69) is 15.9 Å². The van der Waals surface area contributed by atoms with E-state index in [9.17, 15) is 4.39 Å². The van der Waals surface area contributed by atoms with Crippen LogP contribution in [0.2, 0.25) is 5.02 Å². The Hall–Kier alpha value is -0.620. The molecule has 2 nitrogen and oxygen atoms in total. The molecule has 1 aromatic heterocycles. The van der Waals surface area contributed by atoms with Gasteiger partial charge in [0.05, 0.1) is 8.81 Å². The smallest absolute Gasteiger partial charge is 0.183 e. The van der Waals surface area contributed by atoms with Gasteiger partial charge in [0, 0.05) is 10.9 Å². The van der Waals surface area contributed by atoms with Crippen molar-refractivity contribution in [3.05, 3.63) is 49.8 Å². The van der Waals surface area contributed by atoms with Gasteiger partial charge in [-0.05, 0) is 47.1 Å². The molecule has 6 heteroatoms. The molecule has 0 aliphatic carbocycles. The van der Waals surface area contributed by atoms with Crippen molar-refractivity contribution in [2.75, 3.05) is 0 Å². The van der Waals surface area contributed by atoms with E-state index in [0.717, 1.165) is 8.66 Å². The molecule has 0 fully saturated rings. The molecule has 0 amide bonds. The highest BCUT2D eigenvalue weighted by atomic mass is 79.9. The summed E-state index contributed by atoms with van der Waals surface area (Å²) in [5.41, 5.74) is 5.92. The second-order valence-corrected chi connectivity index (χ2v) is 6.99. The van der Waals surface area contributed by atoms with E-state index in [0.29, 0.717) is 0 Å². The second-order valence-electron chi connectivity index (χ2n) is 4.09. The summed E-state index contributed by atoms with van der Waals surface area (Å²) in [6.07, 6.45) is -0.413. The third-order valence-electron chi connectivity index (χ3n) is 2.52. The largest absolute Gasteiger partial charge is 0.480 e. The lowest BCUT2D eigenvalue weighted by atomic mass is 10.1. The van der Waals surface area contributed by atoms with Gasteiger partial charge < -0.3 is 10.5 Å². The summed E-state index contributed by atoms with van der Waals surface area (Å²) in [6.45, 7) is 1.82. The third kappa shape index (κ3) is 3.48. The van der Waals surface area contributed by atoms with Gasteiger partial charge in [-0.1, -0.05) is 17.7 Å². The lowest BCUT2D eigenvalue weighted by Crippen LogP contribution is -2.28. The summed E-state index contributed by atoms with van der Waals surface area (Å²) in [5, 5.41) is 0.0354. The molecule has 102 valence electrons. The maximum absolute atomic E-state index is 13.8. The highest BCUT2D eigenvalue weighted by Gasteiger charge is 2.22. The predicted molar refractivity (Wildman–Crippen MR) is 80.4 cm³/mol. The van der Waals surface area contributed by atoms with E-state index in [1.54, 1.807) is 12.1 Å². The van der Waals surface area contributed by atoms with Gasteiger partial charge in [-0.25, -0.2) is 4.39 Å². The van der Waals surface area contributed by atoms with Gasteiger partial charge in [-0.2, -0.15) is 0 Å². The molecule has 0 bridgehead atoms. The van der Waals surface area contributed by atoms with Crippen LogP contribution >= 0.6 is 38.9 Å². The molecule has 0 saturated carbocycles. The first-order valence-corrected chi connectivity index (χ1v) is 7.59. The average molecular weight is 365 g/mol. The highest BCUT2D eigenvalue weighted by Crippen LogP contribution is 2.34. The van der Waals surface area contributed by atoms with E-state index in [1.807, 2.05) is 19.1 Å². The lowest BCUT2D eigenvalue weighted by Gasteiger charge is -2.21. The lowest BCUT2D eigenvalue weighted by molar-refractivity contribution is 0.176. The maximum Gasteiger partial charge on any atom is 0.183 e. The van der Waals surface area contributed by atoms with Crippen LogP contribution in [-0.2, 0) is 0 Å². The summed E-state index contributed by atoms with van der Waals surface area (Å²) in [5.74, 6) is -0.454. The summed E-state index contributed by atoms with van der Waals surface area (Å²) in [7, 11) is 0. The van der Waals surface area contributed by atoms with E-state index in [1.165, 1.54) is 17.4 Å². The Morgan fingerprint density at radius 2 is 2.11 bits per heavy atom. The number of nitrogens with two attached hydrogens (primary N) is 1. The molecule has 0 spiro atoms. The van der Waals surface area contributed by atoms with Crippen molar-refractivity contribution in [1.29, 1.82) is 0 Å². The van der Waals surface area contributed by atoms with Gasteiger partial charge in [-0.3, -0.25) is 0 Å². The zero-order valence-corrected chi connectivity index (χ0v) is 13.2. The molecule has 1 heterocycles. The molecular weight excluding hydrogens is 353 g/mol. The summed E-state index contributed by atoms with van der Waals surface area (Å²) >= 11 is 10.6. The molecular formula is C13H12BrClFNOS. The normalized spacial score (nSPS) is 14.2. The fourth-order valence-corrected chi connectivity index (χ4v) is 3.35. The minimum absolute atomic E-state index is 0.0354. The van der Waals surface area contributed by atoms with Crippen LogP contribution in [-0.4, -0.2) is 6.04 Å². The van der Waals surface area contributed by atoms with Gasteiger partial charge in [0.2, 0.25) is 0 Å². The fraction of sp³-hybridized carbons (Fsp3) is 0.231. The summed E-state index contributed by atoms with van der Waals surface area (Å²) < 4.78 is 20.5. The van der Waals surface area contributed by atoms with Crippen LogP contribution in [0.1, 0.15) is 17.9 Å². The van der Waals surface area contributed by atoms with Crippen molar-refractivity contribution < 1.29 is 9.13 Å². The summed E-state index contributed by atoms with van der Waals surface area (Å²) in [4.78, 5) is 0.932. The quantitative estimate of drug-likeness (QED) is 0.848. The van der Waals surface area contributed by atoms with Crippen molar-refractivity contribution in [2.45, 2.75) is 19.1 Å². The van der Waals surface area contributed by atoms with Gasteiger partial charge in [0.25, 0.3) is 0 Å². The van der Waals surface area contributed by atoms with Crippen molar-refractivity contribution in [1.82, 2.24) is 0 Å². The molecule has 1 aromatic carbocycles. The number of hydrogen-bond donors (Lipinski definition) is 1. The number of hydrogen-bond acceptors (Lipinski definition) is 3. The number of ether oxygens (including phenoxy) is 1. The molecule has 2 atom stereocenters. The third-order valence-corrected chi connectivity index (χ3v) is 4.50. The Kier molecular flexibility index (Phi) is 4.84. The van der Waals surface area contributed by atoms with Crippen LogP contribution in [0.15, 0.2) is 34.1 Å². The molecule has 0 aliphatic heterocycles. The number of thiophene rings is 1. The first-order chi connectivity index (χ1) is 8.99. The fourth-order valence-electron chi connectivity index (χ4n) is 1.62. The Balaban J connectivity index is 2.29. The minimum Gasteiger partial charge on any atom is -0.480 e. The van der Waals surface area contributed by atoms with Crippen LogP contribution in [0.25, 0.3) is 0 Å². The molecule has 19 heavy (non-hydrogen) atoms. The first kappa shape index (κ1) is 14.8. The standard InChI is InChI=1S/C13H12BrClFNOS/c1-7(17)13(10-5-6-11(14)19-10)18-9-4-2-3-8(15)12(9)16/h2-7,13H,17H2,1H3. The van der Waals surface area contributed by atoms with Crippen LogP contribution in [0.5, 0.6) is 5.75 Å². The topological polar surface area (TPSA) is 35.2 Å². The zero-order chi connectivity index (χ0) is 14.0. The van der Waals surface area contributed by atoms with Crippen molar-refractivity contribution in [2.24, 2.45) is 5.73 Å². The average Bonchev–Trinajstić information content (AvgIpc) is 2.77. The van der Waals surface area contributed by atoms with Gasteiger partial charge >= 0.3 is 0 Å². The zero-order valence-electron chi connectivity index (χ0n) is 10.1.